The van der Waals surface area contributed by atoms with E-state index in [0.29, 0.717) is 28.1 Å². The first-order valence-electron chi connectivity index (χ1n) is 11.6. The highest BCUT2D eigenvalue weighted by Crippen LogP contribution is 2.35. The zero-order chi connectivity index (χ0) is 27.0. The van der Waals surface area contributed by atoms with Crippen LogP contribution in [0.15, 0.2) is 81.3 Å². The molecule has 0 saturated carbocycles. The van der Waals surface area contributed by atoms with Gasteiger partial charge < -0.3 is 25.9 Å². The minimum absolute atomic E-state index is 0.0429. The van der Waals surface area contributed by atoms with Gasteiger partial charge in [0.2, 0.25) is 0 Å². The number of amides is 1. The zero-order valence-electron chi connectivity index (χ0n) is 20.2. The summed E-state index contributed by atoms with van der Waals surface area (Å²) >= 11 is 0. The van der Waals surface area contributed by atoms with E-state index in [1.54, 1.807) is 48.5 Å². The number of aliphatic carboxylic acids is 1. The van der Waals surface area contributed by atoms with Crippen LogP contribution in [0.1, 0.15) is 17.2 Å². The smallest absolute Gasteiger partial charge is 0.333 e. The third-order valence-corrected chi connectivity index (χ3v) is 6.34. The molecule has 11 nitrogen and oxygen atoms in total. The molecule has 0 bridgehead atoms. The van der Waals surface area contributed by atoms with Crippen molar-refractivity contribution in [3.63, 3.8) is 0 Å². The van der Waals surface area contributed by atoms with Gasteiger partial charge in [-0.3, -0.25) is 9.59 Å². The third-order valence-electron chi connectivity index (χ3n) is 6.34. The molecule has 5 N–H and O–H groups in total. The van der Waals surface area contributed by atoms with Crippen LogP contribution in [-0.2, 0) is 20.7 Å². The SMILES string of the molecule is COC1C(C(=O)N[C@@H](Cc2ccc(-n3c(=O)[nH]c4ccc(N)cc4c3=O)cc2)C(=O)O)=Nc2ccccc21. The molecule has 0 radical (unpaired) electrons. The number of nitrogens with zero attached hydrogens (tertiary/aromatic N) is 2. The quantitative estimate of drug-likeness (QED) is 0.273. The Morgan fingerprint density at radius 3 is 2.58 bits per heavy atom. The molecule has 4 aromatic rings. The van der Waals surface area contributed by atoms with Gasteiger partial charge in [-0.15, -0.1) is 0 Å². The van der Waals surface area contributed by atoms with E-state index in [-0.39, 0.29) is 17.5 Å². The number of carbonyl (C=O) groups is 2. The van der Waals surface area contributed by atoms with E-state index in [2.05, 4.69) is 15.3 Å². The maximum Gasteiger partial charge on any atom is 0.333 e. The van der Waals surface area contributed by atoms with Crippen LogP contribution in [0.3, 0.4) is 0 Å². The molecule has 1 aliphatic heterocycles. The van der Waals surface area contributed by atoms with Gasteiger partial charge in [0.15, 0.2) is 0 Å². The van der Waals surface area contributed by atoms with Gasteiger partial charge in [-0.05, 0) is 42.0 Å². The summed E-state index contributed by atoms with van der Waals surface area (Å²) in [5, 5.41) is 12.5. The normalized spacial score (nSPS) is 15.1. The largest absolute Gasteiger partial charge is 0.480 e. The van der Waals surface area contributed by atoms with E-state index in [1.165, 1.54) is 25.3 Å². The molecule has 0 saturated heterocycles. The Kier molecular flexibility index (Phi) is 6.35. The zero-order valence-corrected chi connectivity index (χ0v) is 20.2. The minimum Gasteiger partial charge on any atom is -0.480 e. The second-order valence-corrected chi connectivity index (χ2v) is 8.78. The number of nitrogens with two attached hydrogens (primary N) is 1. The Labute approximate surface area is 215 Å². The molecular formula is C27H23N5O6. The van der Waals surface area contributed by atoms with E-state index in [9.17, 15) is 24.3 Å². The molecule has 1 amide bonds. The van der Waals surface area contributed by atoms with Crippen LogP contribution in [0.5, 0.6) is 0 Å². The average Bonchev–Trinajstić information content (AvgIpc) is 3.28. The van der Waals surface area contributed by atoms with Gasteiger partial charge in [0, 0.05) is 24.8 Å². The summed E-state index contributed by atoms with van der Waals surface area (Å²) in [5.41, 5.74) is 7.63. The standard InChI is InChI=1S/C27H23N5O6/c1-38-23-17-4-2-3-5-19(17)29-22(23)24(33)30-21(26(35)36)12-14-6-9-16(10-7-14)32-25(34)18-13-15(28)8-11-20(18)31-27(32)37/h2-11,13,21,23H,12,28H2,1H3,(H,30,33)(H,31,37)(H,35,36)/t21-,23?/m0/s1. The molecule has 1 aliphatic rings. The molecule has 1 aromatic heterocycles. The van der Waals surface area contributed by atoms with Gasteiger partial charge in [0.25, 0.3) is 11.5 Å². The molecule has 0 spiro atoms. The topological polar surface area (TPSA) is 169 Å². The fourth-order valence-corrected chi connectivity index (χ4v) is 4.47. The number of aromatic amines is 1. The van der Waals surface area contributed by atoms with Crippen molar-refractivity contribution in [2.75, 3.05) is 12.8 Å². The van der Waals surface area contributed by atoms with Gasteiger partial charge in [0.05, 0.1) is 22.3 Å². The third kappa shape index (κ3) is 4.46. The second kappa shape index (κ2) is 9.79. The number of benzene rings is 3. The van der Waals surface area contributed by atoms with Gasteiger partial charge in [0.1, 0.15) is 17.9 Å². The van der Waals surface area contributed by atoms with E-state index in [0.717, 1.165) is 10.1 Å². The van der Waals surface area contributed by atoms with Gasteiger partial charge >= 0.3 is 11.7 Å². The van der Waals surface area contributed by atoms with Gasteiger partial charge in [-0.25, -0.2) is 19.1 Å². The van der Waals surface area contributed by atoms with Crippen molar-refractivity contribution in [3.8, 4) is 5.69 Å². The van der Waals surface area contributed by atoms with E-state index in [4.69, 9.17) is 10.5 Å². The first-order chi connectivity index (χ1) is 18.3. The predicted octanol–water partition coefficient (Wildman–Crippen LogP) is 1.85. The Balaban J connectivity index is 1.37. The maximum absolute atomic E-state index is 13.0. The number of fused-ring (bicyclic) bond motifs is 2. The number of carboxylic acids is 1. The second-order valence-electron chi connectivity index (χ2n) is 8.78. The maximum atomic E-state index is 13.0. The summed E-state index contributed by atoms with van der Waals surface area (Å²) in [4.78, 5) is 57.5. The number of carboxylic acid groups (broad SMARTS) is 1. The van der Waals surface area contributed by atoms with Crippen LogP contribution in [0.25, 0.3) is 16.6 Å². The summed E-state index contributed by atoms with van der Waals surface area (Å²) in [5.74, 6) is -1.88. The number of anilines is 1. The fraction of sp³-hybridized carbons (Fsp3) is 0.148. The van der Waals surface area contributed by atoms with Crippen molar-refractivity contribution in [1.29, 1.82) is 0 Å². The molecule has 0 fully saturated rings. The lowest BCUT2D eigenvalue weighted by molar-refractivity contribution is -0.141. The number of nitrogen functional groups attached to an aromatic ring is 1. The predicted molar refractivity (Wildman–Crippen MR) is 141 cm³/mol. The molecule has 5 rings (SSSR count). The Hall–Kier alpha value is -5.03. The summed E-state index contributed by atoms with van der Waals surface area (Å²) in [6.45, 7) is 0. The number of hydrogen-bond donors (Lipinski definition) is 4. The molecular weight excluding hydrogens is 490 g/mol. The van der Waals surface area contributed by atoms with Crippen LogP contribution >= 0.6 is 0 Å². The van der Waals surface area contributed by atoms with E-state index >= 15 is 0 Å². The Bertz CT molecular complexity index is 1720. The molecule has 1 unspecified atom stereocenters. The number of aliphatic imine (C=N–C) groups is 1. The van der Waals surface area contributed by atoms with Crippen molar-refractivity contribution in [2.45, 2.75) is 18.6 Å². The highest BCUT2D eigenvalue weighted by molar-refractivity contribution is 6.42. The van der Waals surface area contributed by atoms with E-state index in [1.807, 2.05) is 0 Å². The monoisotopic (exact) mass is 513 g/mol. The Morgan fingerprint density at radius 1 is 1.13 bits per heavy atom. The number of nitrogens with one attached hydrogen (secondary N) is 2. The fourth-order valence-electron chi connectivity index (χ4n) is 4.47. The number of hydrogen-bond acceptors (Lipinski definition) is 7. The van der Waals surface area contributed by atoms with Crippen molar-refractivity contribution in [3.05, 3.63) is 98.7 Å². The molecule has 3 aromatic carbocycles. The van der Waals surface area contributed by atoms with Crippen molar-refractivity contribution >= 4 is 39.9 Å². The van der Waals surface area contributed by atoms with Gasteiger partial charge in [-0.1, -0.05) is 30.3 Å². The lowest BCUT2D eigenvalue weighted by Gasteiger charge is -2.17. The summed E-state index contributed by atoms with van der Waals surface area (Å²) in [7, 11) is 1.45. The lowest BCUT2D eigenvalue weighted by atomic mass is 10.0. The summed E-state index contributed by atoms with van der Waals surface area (Å²) in [6, 6.07) is 16.8. The van der Waals surface area contributed by atoms with Crippen molar-refractivity contribution in [2.24, 2.45) is 4.99 Å². The van der Waals surface area contributed by atoms with Crippen LogP contribution in [-0.4, -0.2) is 45.4 Å². The highest BCUT2D eigenvalue weighted by atomic mass is 16.5. The van der Waals surface area contributed by atoms with Crippen molar-refractivity contribution < 1.29 is 19.4 Å². The van der Waals surface area contributed by atoms with Crippen LogP contribution in [0, 0.1) is 0 Å². The average molecular weight is 514 g/mol. The molecule has 38 heavy (non-hydrogen) atoms. The van der Waals surface area contributed by atoms with Crippen LogP contribution in [0.2, 0.25) is 0 Å². The number of H-pyrrole nitrogens is 1. The molecule has 2 atom stereocenters. The van der Waals surface area contributed by atoms with Crippen molar-refractivity contribution in [1.82, 2.24) is 14.9 Å². The minimum atomic E-state index is -1.26. The number of para-hydroxylation sites is 1. The molecule has 0 aliphatic carbocycles. The number of methoxy groups -OCH3 is 1. The van der Waals surface area contributed by atoms with E-state index < -0.39 is 35.3 Å². The lowest BCUT2D eigenvalue weighted by Crippen LogP contribution is -2.46. The first-order valence-corrected chi connectivity index (χ1v) is 11.6. The van der Waals surface area contributed by atoms with Crippen LogP contribution in [0.4, 0.5) is 11.4 Å². The summed E-state index contributed by atoms with van der Waals surface area (Å²) < 4.78 is 6.41. The number of carbonyl (C=O) groups excluding carboxylic acids is 1. The highest BCUT2D eigenvalue weighted by Gasteiger charge is 2.33. The first kappa shape index (κ1) is 24.7. The number of ether oxygens (including phenoxy) is 1. The number of rotatable bonds is 7. The summed E-state index contributed by atoms with van der Waals surface area (Å²) in [6.07, 6.45) is -0.743. The van der Waals surface area contributed by atoms with Crippen LogP contribution < -0.4 is 22.3 Å². The number of aromatic nitrogens is 2. The molecule has 11 heteroatoms. The molecule has 192 valence electrons. The molecule has 2 heterocycles. The Morgan fingerprint density at radius 2 is 1.87 bits per heavy atom. The van der Waals surface area contributed by atoms with Gasteiger partial charge in [-0.2, -0.15) is 0 Å².